The third-order valence-corrected chi connectivity index (χ3v) is 7.10. The Balaban J connectivity index is 1.45. The van der Waals surface area contributed by atoms with Crippen LogP contribution in [-0.4, -0.2) is 47.7 Å². The van der Waals surface area contributed by atoms with Crippen molar-refractivity contribution in [1.29, 1.82) is 0 Å². The molecular weight excluding hydrogens is 579 g/mol. The second kappa shape index (κ2) is 12.8. The van der Waals surface area contributed by atoms with Gasteiger partial charge < -0.3 is 19.8 Å². The summed E-state index contributed by atoms with van der Waals surface area (Å²) in [5.41, 5.74) is -1.27. The third-order valence-electron chi connectivity index (χ3n) is 7.10. The normalized spacial score (nSPS) is 11.5. The van der Waals surface area contributed by atoms with E-state index >= 15 is 0 Å². The highest BCUT2D eigenvalue weighted by Crippen LogP contribution is 2.32. The number of hydrogen-bond donors (Lipinski definition) is 2. The molecule has 0 aliphatic carbocycles. The van der Waals surface area contributed by atoms with E-state index < -0.39 is 47.6 Å². The molecule has 44 heavy (non-hydrogen) atoms. The van der Waals surface area contributed by atoms with Gasteiger partial charge in [-0.1, -0.05) is 72.8 Å². The maximum Gasteiger partial charge on any atom is 0.416 e. The van der Waals surface area contributed by atoms with Gasteiger partial charge in [-0.05, 0) is 52.6 Å². The molecule has 4 aromatic carbocycles. The standard InChI is InChI=1S/C33H26F3NO7/c1-37(29(39)27-10-6-5-9-26(27)22-13-15-24(16-14-22)33(34,35)36)25-17-11-21(12-18-25)19-28(38)44-20-32(30(40)41,31(42)43)23-7-3-2-4-8-23/h2-18H,19-20H2,1H3,(H,40,41)(H,42,43). The molecule has 11 heteroatoms. The Morgan fingerprint density at radius 2 is 1.30 bits per heavy atom. The van der Waals surface area contributed by atoms with Gasteiger partial charge in [0.1, 0.15) is 6.61 Å². The van der Waals surface area contributed by atoms with Gasteiger partial charge in [0.2, 0.25) is 5.41 Å². The maximum absolute atomic E-state index is 13.4. The predicted octanol–water partition coefficient (Wildman–Crippen LogP) is 5.84. The van der Waals surface area contributed by atoms with Crippen LogP contribution in [0, 0.1) is 0 Å². The van der Waals surface area contributed by atoms with Crippen LogP contribution in [0.5, 0.6) is 0 Å². The Bertz CT molecular complexity index is 1650. The summed E-state index contributed by atoms with van der Waals surface area (Å²) in [7, 11) is 1.52. The highest BCUT2D eigenvalue weighted by atomic mass is 19.4. The summed E-state index contributed by atoms with van der Waals surface area (Å²) in [5, 5.41) is 19.5. The van der Waals surface area contributed by atoms with Crippen LogP contribution in [0.2, 0.25) is 0 Å². The number of alkyl halides is 3. The van der Waals surface area contributed by atoms with Gasteiger partial charge in [0.05, 0.1) is 12.0 Å². The Morgan fingerprint density at radius 1 is 0.727 bits per heavy atom. The van der Waals surface area contributed by atoms with Crippen molar-refractivity contribution >= 4 is 29.5 Å². The summed E-state index contributed by atoms with van der Waals surface area (Å²) in [6.45, 7) is -0.922. The quantitative estimate of drug-likeness (QED) is 0.172. The van der Waals surface area contributed by atoms with Gasteiger partial charge in [0.25, 0.3) is 5.91 Å². The smallest absolute Gasteiger partial charge is 0.416 e. The van der Waals surface area contributed by atoms with Gasteiger partial charge in [-0.2, -0.15) is 13.2 Å². The largest absolute Gasteiger partial charge is 0.480 e. The number of amides is 1. The molecule has 0 aliphatic rings. The summed E-state index contributed by atoms with van der Waals surface area (Å²) in [6, 6.07) is 24.5. The number of carbonyl (C=O) groups excluding carboxylic acids is 2. The average Bonchev–Trinajstić information content (AvgIpc) is 3.01. The fourth-order valence-electron chi connectivity index (χ4n) is 4.57. The first-order valence-corrected chi connectivity index (χ1v) is 13.2. The number of hydrogen-bond acceptors (Lipinski definition) is 5. The van der Waals surface area contributed by atoms with Gasteiger partial charge in [-0.3, -0.25) is 19.2 Å². The van der Waals surface area contributed by atoms with E-state index in [1.807, 2.05) is 0 Å². The minimum absolute atomic E-state index is 0.0512. The van der Waals surface area contributed by atoms with Crippen molar-refractivity contribution in [3.63, 3.8) is 0 Å². The zero-order valence-corrected chi connectivity index (χ0v) is 23.2. The second-order valence-electron chi connectivity index (χ2n) is 9.87. The van der Waals surface area contributed by atoms with Crippen LogP contribution in [0.25, 0.3) is 11.1 Å². The van der Waals surface area contributed by atoms with E-state index in [2.05, 4.69) is 0 Å². The molecule has 1 amide bonds. The molecule has 0 fully saturated rings. The Kier molecular flexibility index (Phi) is 9.17. The van der Waals surface area contributed by atoms with Gasteiger partial charge in [-0.15, -0.1) is 0 Å². The number of esters is 1. The van der Waals surface area contributed by atoms with E-state index in [0.717, 1.165) is 12.1 Å². The lowest BCUT2D eigenvalue weighted by Gasteiger charge is -2.25. The highest BCUT2D eigenvalue weighted by Gasteiger charge is 2.50. The van der Waals surface area contributed by atoms with Crippen molar-refractivity contribution in [2.24, 2.45) is 0 Å². The van der Waals surface area contributed by atoms with E-state index in [-0.39, 0.29) is 17.5 Å². The molecule has 0 saturated heterocycles. The fraction of sp³-hybridized carbons (Fsp3) is 0.152. The summed E-state index contributed by atoms with van der Waals surface area (Å²) in [4.78, 5) is 51.3. The SMILES string of the molecule is CN(C(=O)c1ccccc1-c1ccc(C(F)(F)F)cc1)c1ccc(CC(=O)OCC(C(=O)O)(C(=O)O)c2ccccc2)cc1. The van der Waals surface area contributed by atoms with Crippen molar-refractivity contribution in [3.8, 4) is 11.1 Å². The second-order valence-corrected chi connectivity index (χ2v) is 9.87. The van der Waals surface area contributed by atoms with Crippen LogP contribution >= 0.6 is 0 Å². The Hall–Kier alpha value is -5.45. The molecule has 226 valence electrons. The van der Waals surface area contributed by atoms with Crippen LogP contribution < -0.4 is 4.90 Å². The van der Waals surface area contributed by atoms with Gasteiger partial charge in [0, 0.05) is 18.3 Å². The van der Waals surface area contributed by atoms with Crippen molar-refractivity contribution in [2.45, 2.75) is 18.0 Å². The molecular formula is C33H26F3NO7. The molecule has 0 spiro atoms. The van der Waals surface area contributed by atoms with Gasteiger partial charge >= 0.3 is 24.1 Å². The van der Waals surface area contributed by atoms with Crippen LogP contribution in [0.4, 0.5) is 18.9 Å². The molecule has 2 N–H and O–H groups in total. The van der Waals surface area contributed by atoms with Gasteiger partial charge in [-0.25, -0.2) is 0 Å². The molecule has 8 nitrogen and oxygen atoms in total. The van der Waals surface area contributed by atoms with E-state index in [1.165, 1.54) is 48.3 Å². The number of halogens is 3. The van der Waals surface area contributed by atoms with Crippen LogP contribution in [-0.2, 0) is 37.1 Å². The topological polar surface area (TPSA) is 121 Å². The first-order chi connectivity index (χ1) is 20.8. The van der Waals surface area contributed by atoms with Crippen LogP contribution in [0.3, 0.4) is 0 Å². The molecule has 0 bridgehead atoms. The molecule has 4 rings (SSSR count). The number of carboxylic acids is 2. The number of nitrogens with zero attached hydrogens (tertiary/aromatic N) is 1. The van der Waals surface area contributed by atoms with Crippen LogP contribution in [0.1, 0.15) is 27.0 Å². The predicted molar refractivity (Wildman–Crippen MR) is 154 cm³/mol. The average molecular weight is 606 g/mol. The minimum atomic E-state index is -4.49. The fourth-order valence-corrected chi connectivity index (χ4v) is 4.57. The van der Waals surface area contributed by atoms with E-state index in [9.17, 15) is 42.6 Å². The summed E-state index contributed by atoms with van der Waals surface area (Å²) < 4.78 is 44.1. The van der Waals surface area contributed by atoms with E-state index in [1.54, 1.807) is 54.6 Å². The molecule has 0 radical (unpaired) electrons. The van der Waals surface area contributed by atoms with Crippen molar-refractivity contribution in [1.82, 2.24) is 0 Å². The minimum Gasteiger partial charge on any atom is -0.480 e. The monoisotopic (exact) mass is 605 g/mol. The summed E-state index contributed by atoms with van der Waals surface area (Å²) in [6.07, 6.45) is -4.78. The molecule has 0 heterocycles. The van der Waals surface area contributed by atoms with E-state index in [0.29, 0.717) is 22.4 Å². The number of carboxylic acid groups (broad SMARTS) is 2. The van der Waals surface area contributed by atoms with Gasteiger partial charge in [0.15, 0.2) is 0 Å². The zero-order chi connectivity index (χ0) is 32.1. The molecule has 0 unspecified atom stereocenters. The lowest BCUT2D eigenvalue weighted by atomic mass is 9.81. The molecule has 0 aromatic heterocycles. The lowest BCUT2D eigenvalue weighted by molar-refractivity contribution is -0.164. The third kappa shape index (κ3) is 6.62. The number of ether oxygens (including phenoxy) is 1. The maximum atomic E-state index is 13.4. The first kappa shape index (κ1) is 31.5. The van der Waals surface area contributed by atoms with Crippen molar-refractivity contribution < 1.29 is 47.3 Å². The summed E-state index contributed by atoms with van der Waals surface area (Å²) >= 11 is 0. The Morgan fingerprint density at radius 3 is 1.86 bits per heavy atom. The molecule has 0 saturated carbocycles. The molecule has 0 aliphatic heterocycles. The van der Waals surface area contributed by atoms with Crippen molar-refractivity contribution in [2.75, 3.05) is 18.6 Å². The number of rotatable bonds is 10. The van der Waals surface area contributed by atoms with Crippen LogP contribution in [0.15, 0.2) is 103 Å². The number of benzene rings is 4. The summed E-state index contributed by atoms with van der Waals surface area (Å²) in [5.74, 6) is -4.63. The molecule has 4 aromatic rings. The van der Waals surface area contributed by atoms with E-state index in [4.69, 9.17) is 4.74 Å². The van der Waals surface area contributed by atoms with Crippen molar-refractivity contribution in [3.05, 3.63) is 125 Å². The highest BCUT2D eigenvalue weighted by molar-refractivity contribution is 6.10. The number of carbonyl (C=O) groups is 4. The number of aliphatic carboxylic acids is 2. The number of anilines is 1. The Labute approximate surface area is 249 Å². The molecule has 0 atom stereocenters. The zero-order valence-electron chi connectivity index (χ0n) is 23.2. The lowest BCUT2D eigenvalue weighted by Crippen LogP contribution is -2.48. The first-order valence-electron chi connectivity index (χ1n) is 13.2.